The van der Waals surface area contributed by atoms with Crippen molar-refractivity contribution in [1.29, 1.82) is 0 Å². The topological polar surface area (TPSA) is 26.0 Å². The number of aryl methyl sites for hydroxylation is 2. The number of rotatable bonds is 4. The zero-order chi connectivity index (χ0) is 13.1. The fourth-order valence-corrected chi connectivity index (χ4v) is 3.18. The van der Waals surface area contributed by atoms with Gasteiger partial charge in [-0.3, -0.25) is 0 Å². The summed E-state index contributed by atoms with van der Waals surface area (Å²) in [6, 6.07) is 7.05. The molecule has 0 fully saturated rings. The van der Waals surface area contributed by atoms with Gasteiger partial charge >= 0.3 is 0 Å². The van der Waals surface area contributed by atoms with Crippen LogP contribution in [0.5, 0.6) is 0 Å². The van der Waals surface area contributed by atoms with Gasteiger partial charge in [0.2, 0.25) is 0 Å². The Bertz CT molecular complexity index is 533. The maximum atomic E-state index is 13.0. The molecule has 3 heteroatoms. The third-order valence-electron chi connectivity index (χ3n) is 3.24. The van der Waals surface area contributed by atoms with Gasteiger partial charge in [-0.15, -0.1) is 11.3 Å². The van der Waals surface area contributed by atoms with Crippen molar-refractivity contribution in [1.82, 2.24) is 0 Å². The summed E-state index contributed by atoms with van der Waals surface area (Å²) < 4.78 is 13.0. The first-order chi connectivity index (χ1) is 8.61. The van der Waals surface area contributed by atoms with Crippen LogP contribution in [0.25, 0.3) is 0 Å². The first-order valence-electron chi connectivity index (χ1n) is 6.18. The summed E-state index contributed by atoms with van der Waals surface area (Å²) >= 11 is 1.71. The van der Waals surface area contributed by atoms with Crippen molar-refractivity contribution in [2.24, 2.45) is 5.73 Å². The van der Waals surface area contributed by atoms with Crippen LogP contribution in [0.4, 0.5) is 4.39 Å². The van der Waals surface area contributed by atoms with Crippen LogP contribution >= 0.6 is 11.3 Å². The van der Waals surface area contributed by atoms with Crippen molar-refractivity contribution in [2.75, 3.05) is 0 Å². The average molecular weight is 263 g/mol. The molecule has 0 aliphatic carbocycles. The van der Waals surface area contributed by atoms with Crippen LogP contribution in [0.3, 0.4) is 0 Å². The largest absolute Gasteiger partial charge is 0.323 e. The number of hydrogen-bond acceptors (Lipinski definition) is 2. The molecular formula is C15H18FNS. The molecule has 2 rings (SSSR count). The van der Waals surface area contributed by atoms with Gasteiger partial charge in [0.15, 0.2) is 0 Å². The van der Waals surface area contributed by atoms with Crippen molar-refractivity contribution in [3.8, 4) is 0 Å². The minimum atomic E-state index is -0.185. The van der Waals surface area contributed by atoms with Gasteiger partial charge < -0.3 is 5.73 Å². The van der Waals surface area contributed by atoms with E-state index >= 15 is 0 Å². The molecule has 0 aliphatic rings. The molecule has 1 aromatic carbocycles. The Morgan fingerprint density at radius 2 is 2.06 bits per heavy atom. The van der Waals surface area contributed by atoms with Crippen LogP contribution in [0.2, 0.25) is 0 Å². The number of benzene rings is 1. The first-order valence-corrected chi connectivity index (χ1v) is 7.06. The highest BCUT2D eigenvalue weighted by Gasteiger charge is 2.13. The van der Waals surface area contributed by atoms with Gasteiger partial charge in [-0.2, -0.15) is 0 Å². The molecule has 1 heterocycles. The van der Waals surface area contributed by atoms with Gasteiger partial charge in [0.1, 0.15) is 5.82 Å². The van der Waals surface area contributed by atoms with Gasteiger partial charge in [0.25, 0.3) is 0 Å². The zero-order valence-corrected chi connectivity index (χ0v) is 11.6. The van der Waals surface area contributed by atoms with Gasteiger partial charge in [-0.1, -0.05) is 13.0 Å². The smallest absolute Gasteiger partial charge is 0.123 e. The maximum absolute atomic E-state index is 13.0. The molecule has 2 N–H and O–H groups in total. The maximum Gasteiger partial charge on any atom is 0.123 e. The first kappa shape index (κ1) is 13.2. The quantitative estimate of drug-likeness (QED) is 0.886. The van der Waals surface area contributed by atoms with E-state index in [1.165, 1.54) is 16.5 Å². The van der Waals surface area contributed by atoms with Crippen LogP contribution < -0.4 is 5.73 Å². The normalized spacial score (nSPS) is 12.7. The number of halogens is 1. The summed E-state index contributed by atoms with van der Waals surface area (Å²) in [5.41, 5.74) is 9.69. The van der Waals surface area contributed by atoms with Crippen LogP contribution in [-0.2, 0) is 12.8 Å². The lowest BCUT2D eigenvalue weighted by molar-refractivity contribution is 0.624. The van der Waals surface area contributed by atoms with Crippen molar-refractivity contribution in [3.63, 3.8) is 0 Å². The monoisotopic (exact) mass is 263 g/mol. The van der Waals surface area contributed by atoms with E-state index < -0.39 is 0 Å². The van der Waals surface area contributed by atoms with Gasteiger partial charge in [0, 0.05) is 10.9 Å². The number of thiophene rings is 1. The van der Waals surface area contributed by atoms with Crippen molar-refractivity contribution in [3.05, 3.63) is 57.0 Å². The molecule has 2 aromatic rings. The Labute approximate surface area is 111 Å². The SMILES string of the molecule is CCc1ccsc1C(N)Cc1ccc(F)cc1C. The summed E-state index contributed by atoms with van der Waals surface area (Å²) in [6.45, 7) is 4.07. The lowest BCUT2D eigenvalue weighted by atomic mass is 9.98. The number of nitrogens with two attached hydrogens (primary N) is 1. The van der Waals surface area contributed by atoms with Crippen LogP contribution in [0.1, 0.15) is 34.5 Å². The van der Waals surface area contributed by atoms with E-state index in [4.69, 9.17) is 5.73 Å². The molecule has 0 saturated heterocycles. The summed E-state index contributed by atoms with van der Waals surface area (Å²) in [5.74, 6) is -0.185. The van der Waals surface area contributed by atoms with Gasteiger partial charge in [-0.25, -0.2) is 4.39 Å². The highest BCUT2D eigenvalue weighted by Crippen LogP contribution is 2.27. The van der Waals surface area contributed by atoms with E-state index in [2.05, 4.69) is 18.4 Å². The minimum Gasteiger partial charge on any atom is -0.323 e. The van der Waals surface area contributed by atoms with E-state index in [0.29, 0.717) is 0 Å². The van der Waals surface area contributed by atoms with E-state index in [0.717, 1.165) is 24.0 Å². The van der Waals surface area contributed by atoms with E-state index in [9.17, 15) is 4.39 Å². The molecule has 96 valence electrons. The van der Waals surface area contributed by atoms with Crippen molar-refractivity contribution >= 4 is 11.3 Å². The molecule has 0 bridgehead atoms. The summed E-state index contributed by atoms with van der Waals surface area (Å²) in [7, 11) is 0. The molecule has 0 amide bonds. The summed E-state index contributed by atoms with van der Waals surface area (Å²) in [4.78, 5) is 1.25. The Morgan fingerprint density at radius 3 is 2.72 bits per heavy atom. The van der Waals surface area contributed by atoms with Crippen LogP contribution in [0.15, 0.2) is 29.6 Å². The summed E-state index contributed by atoms with van der Waals surface area (Å²) in [6.07, 6.45) is 1.77. The second kappa shape index (κ2) is 5.63. The second-order valence-electron chi connectivity index (χ2n) is 4.55. The molecule has 0 spiro atoms. The van der Waals surface area contributed by atoms with Crippen molar-refractivity contribution < 1.29 is 4.39 Å². The molecule has 0 radical (unpaired) electrons. The van der Waals surface area contributed by atoms with Crippen molar-refractivity contribution in [2.45, 2.75) is 32.7 Å². The Balaban J connectivity index is 2.18. The highest BCUT2D eigenvalue weighted by atomic mass is 32.1. The third-order valence-corrected chi connectivity index (χ3v) is 4.33. The predicted octanol–water partition coefficient (Wildman–Crippen LogP) is 4.00. The van der Waals surface area contributed by atoms with E-state index in [-0.39, 0.29) is 11.9 Å². The fourth-order valence-electron chi connectivity index (χ4n) is 2.18. The Hall–Kier alpha value is -1.19. The van der Waals surface area contributed by atoms with Gasteiger partial charge in [0.05, 0.1) is 0 Å². The van der Waals surface area contributed by atoms with E-state index in [1.807, 2.05) is 13.0 Å². The number of hydrogen-bond donors (Lipinski definition) is 1. The molecule has 0 saturated carbocycles. The molecule has 0 aliphatic heterocycles. The minimum absolute atomic E-state index is 0.00381. The van der Waals surface area contributed by atoms with Crippen LogP contribution in [0, 0.1) is 12.7 Å². The third kappa shape index (κ3) is 2.79. The molecule has 1 nitrogen and oxygen atoms in total. The standard InChI is InChI=1S/C15H18FNS/c1-3-11-6-7-18-15(11)14(17)9-12-4-5-13(16)8-10(12)2/h4-8,14H,3,9,17H2,1-2H3. The molecular weight excluding hydrogens is 245 g/mol. The Morgan fingerprint density at radius 1 is 1.28 bits per heavy atom. The van der Waals surface area contributed by atoms with E-state index in [1.54, 1.807) is 17.4 Å². The molecule has 1 atom stereocenters. The molecule has 18 heavy (non-hydrogen) atoms. The lowest BCUT2D eigenvalue weighted by Gasteiger charge is -2.14. The fraction of sp³-hybridized carbons (Fsp3) is 0.333. The van der Waals surface area contributed by atoms with Crippen LogP contribution in [-0.4, -0.2) is 0 Å². The Kier molecular flexibility index (Phi) is 4.15. The summed E-state index contributed by atoms with van der Waals surface area (Å²) in [5, 5.41) is 2.09. The van der Waals surface area contributed by atoms with Gasteiger partial charge in [-0.05, 0) is 60.0 Å². The molecule has 1 unspecified atom stereocenters. The average Bonchev–Trinajstić information content (AvgIpc) is 2.81. The molecule has 1 aromatic heterocycles. The zero-order valence-electron chi connectivity index (χ0n) is 10.7. The predicted molar refractivity (Wildman–Crippen MR) is 75.5 cm³/mol. The lowest BCUT2D eigenvalue weighted by Crippen LogP contribution is -2.14. The highest BCUT2D eigenvalue weighted by molar-refractivity contribution is 7.10. The second-order valence-corrected chi connectivity index (χ2v) is 5.49.